The van der Waals surface area contributed by atoms with Gasteiger partial charge < -0.3 is 15.4 Å². The maximum absolute atomic E-state index is 13.2. The van der Waals surface area contributed by atoms with Crippen LogP contribution in [0.3, 0.4) is 0 Å². The molecule has 3 aromatic carbocycles. The predicted molar refractivity (Wildman–Crippen MR) is 135 cm³/mol. The van der Waals surface area contributed by atoms with Gasteiger partial charge in [-0.15, -0.1) is 0 Å². The van der Waals surface area contributed by atoms with Crippen LogP contribution in [0.1, 0.15) is 53.8 Å². The lowest BCUT2D eigenvalue weighted by Gasteiger charge is -2.28. The number of nitrogens with two attached hydrogens (primary N) is 1. The topological polar surface area (TPSA) is 73.8 Å². The highest BCUT2D eigenvalue weighted by molar-refractivity contribution is 5.96. The second kappa shape index (κ2) is 13.6. The van der Waals surface area contributed by atoms with E-state index in [-0.39, 0.29) is 11.6 Å². The fourth-order valence-electron chi connectivity index (χ4n) is 4.42. The van der Waals surface area contributed by atoms with Gasteiger partial charge in [-0.25, -0.2) is 18.0 Å². The van der Waals surface area contributed by atoms with Crippen molar-refractivity contribution in [1.29, 1.82) is 0 Å². The summed E-state index contributed by atoms with van der Waals surface area (Å²) < 4.78 is 44.1. The number of piperidine rings is 1. The summed E-state index contributed by atoms with van der Waals surface area (Å²) in [6.45, 7) is 4.96. The van der Waals surface area contributed by atoms with E-state index in [1.807, 2.05) is 0 Å². The van der Waals surface area contributed by atoms with Crippen molar-refractivity contribution in [2.75, 3.05) is 19.6 Å². The molecule has 1 amide bonds. The first-order valence-corrected chi connectivity index (χ1v) is 12.3. The summed E-state index contributed by atoms with van der Waals surface area (Å²) in [4.78, 5) is 24.3. The van der Waals surface area contributed by atoms with Crippen molar-refractivity contribution in [2.24, 2.45) is 11.7 Å². The first-order valence-electron chi connectivity index (χ1n) is 12.3. The van der Waals surface area contributed by atoms with Crippen molar-refractivity contribution >= 4 is 11.9 Å². The number of halogens is 3. The summed E-state index contributed by atoms with van der Waals surface area (Å²) in [5.74, 6) is -0.281. The van der Waals surface area contributed by atoms with Gasteiger partial charge in [-0.3, -0.25) is 4.79 Å². The minimum Gasteiger partial charge on any atom is -0.437 e. The van der Waals surface area contributed by atoms with Crippen LogP contribution in [0.2, 0.25) is 0 Å². The van der Waals surface area contributed by atoms with E-state index >= 15 is 0 Å². The molecule has 8 heteroatoms. The Morgan fingerprint density at radius 3 is 1.89 bits per heavy atom. The zero-order valence-corrected chi connectivity index (χ0v) is 20.8. The average Bonchev–Trinajstić information content (AvgIpc) is 2.88. The van der Waals surface area contributed by atoms with E-state index in [1.54, 1.807) is 24.3 Å². The predicted octanol–water partition coefficient (Wildman–Crippen LogP) is 4.86. The standard InChI is InChI=1S/C15H20FNO.C14H11F2NO2/c1-2-12-7-9-17(10-8-12)11-15(18)13-3-5-14(16)6-4-13;15-11-5-1-3-9(7-11)13(19-14(17)18)10-4-2-6-12(16)8-10/h3-6,12H,2,7-11H2,1H3;1-8,13H,(H2,17,18)/p+1. The van der Waals surface area contributed by atoms with Crippen LogP contribution in [0.5, 0.6) is 0 Å². The third kappa shape index (κ3) is 8.75. The second-order valence-electron chi connectivity index (χ2n) is 9.14. The van der Waals surface area contributed by atoms with Gasteiger partial charge in [0.1, 0.15) is 24.0 Å². The van der Waals surface area contributed by atoms with Crippen LogP contribution in [-0.4, -0.2) is 31.5 Å². The van der Waals surface area contributed by atoms with Gasteiger partial charge in [0.25, 0.3) is 0 Å². The third-order valence-corrected chi connectivity index (χ3v) is 6.50. The maximum Gasteiger partial charge on any atom is 0.405 e. The molecule has 37 heavy (non-hydrogen) atoms. The molecule has 1 heterocycles. The highest BCUT2D eigenvalue weighted by Crippen LogP contribution is 2.27. The number of ether oxygens (including phenoxy) is 1. The Labute approximate surface area is 215 Å². The van der Waals surface area contributed by atoms with Crippen LogP contribution in [0.25, 0.3) is 0 Å². The lowest BCUT2D eigenvalue weighted by molar-refractivity contribution is -0.897. The number of hydrogen-bond donors (Lipinski definition) is 2. The molecule has 1 aliphatic rings. The maximum atomic E-state index is 13.2. The van der Waals surface area contributed by atoms with Crippen molar-refractivity contribution in [3.8, 4) is 0 Å². The van der Waals surface area contributed by atoms with Gasteiger partial charge >= 0.3 is 6.09 Å². The Balaban J connectivity index is 0.000000206. The van der Waals surface area contributed by atoms with E-state index in [0.717, 1.165) is 19.0 Å². The third-order valence-electron chi connectivity index (χ3n) is 6.50. The van der Waals surface area contributed by atoms with Crippen LogP contribution in [0.4, 0.5) is 18.0 Å². The number of Topliss-reactive ketones (excluding diaryl/α,β-unsaturated/α-hetero) is 1. The summed E-state index contributed by atoms with van der Waals surface area (Å²) >= 11 is 0. The molecule has 1 aliphatic heterocycles. The Morgan fingerprint density at radius 1 is 0.892 bits per heavy atom. The Morgan fingerprint density at radius 2 is 1.43 bits per heavy atom. The molecule has 0 aliphatic carbocycles. The Hall–Kier alpha value is -3.65. The molecule has 0 spiro atoms. The molecule has 0 unspecified atom stereocenters. The highest BCUT2D eigenvalue weighted by atomic mass is 19.1. The number of nitrogens with one attached hydrogen (secondary N) is 1. The summed E-state index contributed by atoms with van der Waals surface area (Å²) in [7, 11) is 0. The number of amides is 1. The van der Waals surface area contributed by atoms with Gasteiger partial charge in [0, 0.05) is 5.56 Å². The molecule has 196 valence electrons. The van der Waals surface area contributed by atoms with E-state index < -0.39 is 23.8 Å². The molecule has 0 atom stereocenters. The monoisotopic (exact) mass is 513 g/mol. The van der Waals surface area contributed by atoms with Gasteiger partial charge in [-0.2, -0.15) is 0 Å². The molecule has 4 rings (SSSR count). The number of quaternary nitrogens is 1. The zero-order valence-electron chi connectivity index (χ0n) is 20.8. The van der Waals surface area contributed by atoms with Crippen LogP contribution in [0, 0.1) is 23.4 Å². The number of carbonyl (C=O) groups is 2. The van der Waals surface area contributed by atoms with Crippen LogP contribution >= 0.6 is 0 Å². The largest absolute Gasteiger partial charge is 0.437 e. The van der Waals surface area contributed by atoms with Crippen molar-refractivity contribution in [3.63, 3.8) is 0 Å². The Kier molecular flexibility index (Phi) is 10.3. The van der Waals surface area contributed by atoms with Gasteiger partial charge in [0.05, 0.1) is 13.1 Å². The van der Waals surface area contributed by atoms with E-state index in [9.17, 15) is 22.8 Å². The first kappa shape index (κ1) is 27.9. The van der Waals surface area contributed by atoms with E-state index in [1.165, 1.54) is 72.7 Å². The first-order chi connectivity index (χ1) is 17.7. The number of ketones is 1. The zero-order chi connectivity index (χ0) is 26.8. The fourth-order valence-corrected chi connectivity index (χ4v) is 4.42. The van der Waals surface area contributed by atoms with Crippen LogP contribution in [-0.2, 0) is 4.74 Å². The fraction of sp³-hybridized carbons (Fsp3) is 0.310. The SMILES string of the molecule is CCC1CC[NH+](CC(=O)c2ccc(F)cc2)CC1.NC(=O)OC(c1cccc(F)c1)c1cccc(F)c1. The van der Waals surface area contributed by atoms with Gasteiger partial charge in [-0.05, 0) is 78.4 Å². The molecule has 5 nitrogen and oxygen atoms in total. The number of hydrogen-bond acceptors (Lipinski definition) is 3. The molecule has 3 aromatic rings. The average molecular weight is 514 g/mol. The van der Waals surface area contributed by atoms with E-state index in [4.69, 9.17) is 10.5 Å². The lowest BCUT2D eigenvalue weighted by atomic mass is 9.94. The van der Waals surface area contributed by atoms with Gasteiger partial charge in [0.15, 0.2) is 6.10 Å². The second-order valence-corrected chi connectivity index (χ2v) is 9.14. The summed E-state index contributed by atoms with van der Waals surface area (Å²) in [5.41, 5.74) is 6.38. The van der Waals surface area contributed by atoms with Crippen LogP contribution in [0.15, 0.2) is 72.8 Å². The molecule has 0 saturated carbocycles. The molecule has 0 bridgehead atoms. The quantitative estimate of drug-likeness (QED) is 0.443. The summed E-state index contributed by atoms with van der Waals surface area (Å²) in [6, 6.07) is 16.9. The van der Waals surface area contributed by atoms with E-state index in [0.29, 0.717) is 23.2 Å². The number of likely N-dealkylation sites (tertiary alicyclic amines) is 1. The molecule has 1 fully saturated rings. The Bertz CT molecular complexity index is 1130. The van der Waals surface area contributed by atoms with Crippen molar-refractivity contribution in [3.05, 3.63) is 107 Å². The molecule has 3 N–H and O–H groups in total. The van der Waals surface area contributed by atoms with Crippen molar-refractivity contribution < 1.29 is 32.4 Å². The lowest BCUT2D eigenvalue weighted by Crippen LogP contribution is -3.13. The minimum absolute atomic E-state index is 0.125. The summed E-state index contributed by atoms with van der Waals surface area (Å²) in [5, 5.41) is 0. The normalized spacial score (nSPS) is 17.0. The number of rotatable bonds is 7. The number of carbonyl (C=O) groups excluding carboxylic acids is 2. The molecule has 0 aromatic heterocycles. The molecule has 0 radical (unpaired) electrons. The molecule has 1 saturated heterocycles. The van der Waals surface area contributed by atoms with Crippen molar-refractivity contribution in [1.82, 2.24) is 0 Å². The molecular formula is C29H32F3N2O3+. The van der Waals surface area contributed by atoms with Gasteiger partial charge in [0.2, 0.25) is 5.78 Å². The summed E-state index contributed by atoms with van der Waals surface area (Å²) in [6.07, 6.45) is 1.74. The van der Waals surface area contributed by atoms with Crippen LogP contribution < -0.4 is 10.6 Å². The van der Waals surface area contributed by atoms with Crippen molar-refractivity contribution in [2.45, 2.75) is 32.3 Å². The van der Waals surface area contributed by atoms with Gasteiger partial charge in [-0.1, -0.05) is 37.6 Å². The van der Waals surface area contributed by atoms with E-state index in [2.05, 4.69) is 6.92 Å². The number of primary amides is 1. The smallest absolute Gasteiger partial charge is 0.405 e. The number of benzene rings is 3. The minimum atomic E-state index is -1.02. The molecular weight excluding hydrogens is 481 g/mol. The highest BCUT2D eigenvalue weighted by Gasteiger charge is 2.23.